The van der Waals surface area contributed by atoms with E-state index in [-0.39, 0.29) is 23.7 Å². The molecule has 4 N–H and O–H groups in total. The van der Waals surface area contributed by atoms with Gasteiger partial charge in [0, 0.05) is 6.54 Å². The molecule has 1 aromatic heterocycles. The van der Waals surface area contributed by atoms with E-state index >= 15 is 0 Å². The Kier molecular flexibility index (Phi) is 4.06. The topological polar surface area (TPSA) is 106 Å². The number of hydrogen-bond donors (Lipinski definition) is 3. The SMILES string of the molecule is NCc1ccc(S(=O)(=O)NCC2CCC(O)C2)o1. The summed E-state index contributed by atoms with van der Waals surface area (Å²) < 4.78 is 31.4. The lowest BCUT2D eigenvalue weighted by molar-refractivity contribution is 0.178. The molecule has 1 fully saturated rings. The molecule has 0 aromatic carbocycles. The second-order valence-electron chi connectivity index (χ2n) is 4.61. The van der Waals surface area contributed by atoms with E-state index in [1.807, 2.05) is 0 Å². The Balaban J connectivity index is 1.95. The van der Waals surface area contributed by atoms with E-state index in [1.54, 1.807) is 6.07 Å². The Hall–Kier alpha value is -0.890. The summed E-state index contributed by atoms with van der Waals surface area (Å²) >= 11 is 0. The van der Waals surface area contributed by atoms with Crippen molar-refractivity contribution in [2.45, 2.75) is 37.0 Å². The normalized spacial score (nSPS) is 24.6. The molecule has 102 valence electrons. The van der Waals surface area contributed by atoms with Crippen LogP contribution in [-0.4, -0.2) is 26.2 Å². The molecule has 1 saturated carbocycles. The van der Waals surface area contributed by atoms with Gasteiger partial charge in [0.1, 0.15) is 5.76 Å². The van der Waals surface area contributed by atoms with Gasteiger partial charge in [-0.05, 0) is 37.3 Å². The number of rotatable bonds is 5. The maximum absolute atomic E-state index is 11.9. The highest BCUT2D eigenvalue weighted by atomic mass is 32.2. The van der Waals surface area contributed by atoms with Gasteiger partial charge < -0.3 is 15.3 Å². The summed E-state index contributed by atoms with van der Waals surface area (Å²) in [6.07, 6.45) is 1.93. The van der Waals surface area contributed by atoms with Gasteiger partial charge in [-0.15, -0.1) is 0 Å². The Labute approximate surface area is 106 Å². The van der Waals surface area contributed by atoms with Crippen LogP contribution in [0.4, 0.5) is 0 Å². The van der Waals surface area contributed by atoms with Gasteiger partial charge in [0.05, 0.1) is 12.6 Å². The predicted molar refractivity (Wildman–Crippen MR) is 65.1 cm³/mol. The molecule has 1 aliphatic carbocycles. The largest absolute Gasteiger partial charge is 0.447 e. The minimum absolute atomic E-state index is 0.110. The first-order valence-corrected chi connectivity index (χ1v) is 7.46. The molecule has 0 radical (unpaired) electrons. The molecule has 2 unspecified atom stereocenters. The lowest BCUT2D eigenvalue weighted by Gasteiger charge is -2.09. The Morgan fingerprint density at radius 3 is 2.78 bits per heavy atom. The third-order valence-corrected chi connectivity index (χ3v) is 4.47. The fourth-order valence-corrected chi connectivity index (χ4v) is 3.21. The first kappa shape index (κ1) is 13.5. The summed E-state index contributed by atoms with van der Waals surface area (Å²) in [5.41, 5.74) is 5.36. The van der Waals surface area contributed by atoms with Gasteiger partial charge in [-0.3, -0.25) is 0 Å². The number of furan rings is 1. The van der Waals surface area contributed by atoms with Crippen LogP contribution >= 0.6 is 0 Å². The van der Waals surface area contributed by atoms with Gasteiger partial charge >= 0.3 is 0 Å². The number of aliphatic hydroxyl groups is 1. The van der Waals surface area contributed by atoms with Crippen LogP contribution in [0.3, 0.4) is 0 Å². The molecule has 18 heavy (non-hydrogen) atoms. The molecule has 1 aromatic rings. The van der Waals surface area contributed by atoms with E-state index in [4.69, 9.17) is 10.2 Å². The molecule has 2 atom stereocenters. The van der Waals surface area contributed by atoms with Crippen LogP contribution in [0.2, 0.25) is 0 Å². The van der Waals surface area contributed by atoms with Crippen LogP contribution < -0.4 is 10.5 Å². The summed E-state index contributed by atoms with van der Waals surface area (Å²) in [7, 11) is -3.61. The van der Waals surface area contributed by atoms with Crippen LogP contribution in [0.25, 0.3) is 0 Å². The quantitative estimate of drug-likeness (QED) is 0.710. The number of sulfonamides is 1. The van der Waals surface area contributed by atoms with Crippen molar-refractivity contribution in [2.75, 3.05) is 6.54 Å². The summed E-state index contributed by atoms with van der Waals surface area (Å²) in [5, 5.41) is 9.26. The second kappa shape index (κ2) is 5.40. The van der Waals surface area contributed by atoms with Crippen molar-refractivity contribution in [3.05, 3.63) is 17.9 Å². The molecule has 0 aliphatic heterocycles. The fraction of sp³-hybridized carbons (Fsp3) is 0.636. The van der Waals surface area contributed by atoms with Crippen molar-refractivity contribution in [3.8, 4) is 0 Å². The second-order valence-corrected chi connectivity index (χ2v) is 6.31. The number of hydrogen-bond acceptors (Lipinski definition) is 5. The summed E-state index contributed by atoms with van der Waals surface area (Å²) in [6.45, 7) is 0.502. The van der Waals surface area contributed by atoms with E-state index in [1.165, 1.54) is 6.07 Å². The highest BCUT2D eigenvalue weighted by Crippen LogP contribution is 2.25. The minimum atomic E-state index is -3.61. The minimum Gasteiger partial charge on any atom is -0.447 e. The molecule has 0 saturated heterocycles. The van der Waals surface area contributed by atoms with Gasteiger partial charge in [0.25, 0.3) is 10.0 Å². The van der Waals surface area contributed by atoms with Crippen molar-refractivity contribution in [2.24, 2.45) is 11.7 Å². The van der Waals surface area contributed by atoms with Crippen molar-refractivity contribution < 1.29 is 17.9 Å². The van der Waals surface area contributed by atoms with Gasteiger partial charge in [-0.25, -0.2) is 13.1 Å². The third-order valence-electron chi connectivity index (χ3n) is 3.18. The van der Waals surface area contributed by atoms with Crippen molar-refractivity contribution in [1.82, 2.24) is 4.72 Å². The Morgan fingerprint density at radius 2 is 2.22 bits per heavy atom. The monoisotopic (exact) mass is 274 g/mol. The van der Waals surface area contributed by atoms with Crippen LogP contribution in [-0.2, 0) is 16.6 Å². The zero-order valence-corrected chi connectivity index (χ0v) is 10.8. The molecule has 0 spiro atoms. The van der Waals surface area contributed by atoms with Gasteiger partial charge in [0.15, 0.2) is 0 Å². The van der Waals surface area contributed by atoms with E-state index in [9.17, 15) is 13.5 Å². The Morgan fingerprint density at radius 1 is 1.44 bits per heavy atom. The third kappa shape index (κ3) is 3.11. The van der Waals surface area contributed by atoms with Crippen LogP contribution in [0.15, 0.2) is 21.6 Å². The molecule has 1 aliphatic rings. The first-order valence-electron chi connectivity index (χ1n) is 5.98. The summed E-state index contributed by atoms with van der Waals surface area (Å²) in [6, 6.07) is 2.95. The zero-order valence-electron chi connectivity index (χ0n) is 10.0. The maximum atomic E-state index is 11.9. The average Bonchev–Trinajstić information content (AvgIpc) is 2.95. The van der Waals surface area contributed by atoms with Gasteiger partial charge in [-0.2, -0.15) is 0 Å². The van der Waals surface area contributed by atoms with Crippen molar-refractivity contribution >= 4 is 10.0 Å². The summed E-state index contributed by atoms with van der Waals surface area (Å²) in [4.78, 5) is 0. The number of nitrogens with one attached hydrogen (secondary N) is 1. The van der Waals surface area contributed by atoms with E-state index in [2.05, 4.69) is 4.72 Å². The zero-order chi connectivity index (χ0) is 13.2. The molecule has 0 amide bonds. The fourth-order valence-electron chi connectivity index (χ4n) is 2.15. The molecule has 0 bridgehead atoms. The maximum Gasteiger partial charge on any atom is 0.273 e. The van der Waals surface area contributed by atoms with Crippen LogP contribution in [0.5, 0.6) is 0 Å². The molecule has 6 nitrogen and oxygen atoms in total. The standard InChI is InChI=1S/C11H18N2O4S/c12-6-10-3-4-11(17-10)18(15,16)13-7-8-1-2-9(14)5-8/h3-4,8-9,13-14H,1-2,5-7,12H2. The van der Waals surface area contributed by atoms with E-state index < -0.39 is 10.0 Å². The molecule has 2 rings (SSSR count). The lowest BCUT2D eigenvalue weighted by Crippen LogP contribution is -2.28. The molecule has 7 heteroatoms. The molecular formula is C11H18N2O4S. The van der Waals surface area contributed by atoms with E-state index in [0.29, 0.717) is 18.7 Å². The lowest BCUT2D eigenvalue weighted by atomic mass is 10.1. The molecule has 1 heterocycles. The predicted octanol–water partition coefficient (Wildman–Crippen LogP) is 0.178. The smallest absolute Gasteiger partial charge is 0.273 e. The molecular weight excluding hydrogens is 256 g/mol. The summed E-state index contributed by atoms with van der Waals surface area (Å²) in [5.74, 6) is 0.630. The van der Waals surface area contributed by atoms with Gasteiger partial charge in [-0.1, -0.05) is 0 Å². The number of aliphatic hydroxyl groups excluding tert-OH is 1. The van der Waals surface area contributed by atoms with Crippen molar-refractivity contribution in [1.29, 1.82) is 0 Å². The van der Waals surface area contributed by atoms with E-state index in [0.717, 1.165) is 12.8 Å². The van der Waals surface area contributed by atoms with Crippen molar-refractivity contribution in [3.63, 3.8) is 0 Å². The van der Waals surface area contributed by atoms with Crippen LogP contribution in [0.1, 0.15) is 25.0 Å². The van der Waals surface area contributed by atoms with Gasteiger partial charge in [0.2, 0.25) is 5.09 Å². The number of nitrogens with two attached hydrogens (primary N) is 1. The van der Waals surface area contributed by atoms with Crippen LogP contribution in [0, 0.1) is 5.92 Å². The highest BCUT2D eigenvalue weighted by molar-refractivity contribution is 7.89. The average molecular weight is 274 g/mol. The Bertz CT molecular complexity index is 497. The highest BCUT2D eigenvalue weighted by Gasteiger charge is 2.25. The first-order chi connectivity index (χ1) is 8.51.